The zero-order valence-corrected chi connectivity index (χ0v) is 19.0. The lowest BCUT2D eigenvalue weighted by Crippen LogP contribution is -2.23. The molecule has 0 fully saturated rings. The molecular formula is C26H25ClN2O4. The van der Waals surface area contributed by atoms with Gasteiger partial charge in [0.25, 0.3) is 0 Å². The lowest BCUT2D eigenvalue weighted by Gasteiger charge is -2.17. The molecule has 0 saturated heterocycles. The van der Waals surface area contributed by atoms with Crippen molar-refractivity contribution in [3.63, 3.8) is 0 Å². The summed E-state index contributed by atoms with van der Waals surface area (Å²) in [4.78, 5) is 15.8. The number of oxazole rings is 1. The largest absolute Gasteiger partial charge is 0.479 e. The first kappa shape index (κ1) is 22.8. The number of rotatable bonds is 10. The van der Waals surface area contributed by atoms with Crippen molar-refractivity contribution in [1.82, 2.24) is 10.3 Å². The Morgan fingerprint density at radius 1 is 1.09 bits per heavy atom. The number of para-hydroxylation sites is 2. The summed E-state index contributed by atoms with van der Waals surface area (Å²) >= 11 is 6.01. The number of hydrogen-bond donors (Lipinski definition) is 2. The Hall–Kier alpha value is -3.35. The van der Waals surface area contributed by atoms with E-state index in [9.17, 15) is 4.79 Å². The lowest BCUT2D eigenvalue weighted by molar-refractivity contribution is -0.144. The Balaban J connectivity index is 1.49. The second-order valence-corrected chi connectivity index (χ2v) is 8.30. The first-order valence-electron chi connectivity index (χ1n) is 10.8. The van der Waals surface area contributed by atoms with Crippen LogP contribution in [-0.2, 0) is 17.8 Å². The molecule has 0 radical (unpaired) electrons. The summed E-state index contributed by atoms with van der Waals surface area (Å²) in [6, 6.07) is 22.8. The van der Waals surface area contributed by atoms with Crippen molar-refractivity contribution in [2.45, 2.75) is 38.5 Å². The van der Waals surface area contributed by atoms with E-state index >= 15 is 0 Å². The van der Waals surface area contributed by atoms with Gasteiger partial charge in [-0.05, 0) is 67.3 Å². The molecule has 1 heterocycles. The number of nitrogens with one attached hydrogen (secondary N) is 1. The number of carboxylic acid groups (broad SMARTS) is 1. The van der Waals surface area contributed by atoms with Gasteiger partial charge in [-0.25, -0.2) is 9.78 Å². The molecule has 0 aliphatic rings. The zero-order chi connectivity index (χ0) is 23.2. The van der Waals surface area contributed by atoms with Crippen molar-refractivity contribution in [1.29, 1.82) is 0 Å². The number of carboxylic acids is 1. The maximum atomic E-state index is 11.1. The van der Waals surface area contributed by atoms with E-state index in [4.69, 9.17) is 25.9 Å². The van der Waals surface area contributed by atoms with Crippen LogP contribution in [0.2, 0.25) is 5.02 Å². The maximum Gasteiger partial charge on any atom is 0.344 e. The van der Waals surface area contributed by atoms with Crippen LogP contribution in [-0.4, -0.2) is 22.2 Å². The summed E-state index contributed by atoms with van der Waals surface area (Å²) in [5.41, 5.74) is 3.73. The van der Waals surface area contributed by atoms with E-state index in [-0.39, 0.29) is 6.04 Å². The van der Waals surface area contributed by atoms with Gasteiger partial charge in [0, 0.05) is 11.6 Å². The third kappa shape index (κ3) is 6.12. The Bertz CT molecular complexity index is 1190. The summed E-state index contributed by atoms with van der Waals surface area (Å²) in [5.74, 6) is 0.151. The molecular weight excluding hydrogens is 440 g/mol. The minimum absolute atomic E-state index is 0.115. The first-order valence-corrected chi connectivity index (χ1v) is 11.2. The van der Waals surface area contributed by atoms with Gasteiger partial charge in [0.1, 0.15) is 11.3 Å². The minimum atomic E-state index is -1.00. The summed E-state index contributed by atoms with van der Waals surface area (Å²) < 4.78 is 11.5. The van der Waals surface area contributed by atoms with Gasteiger partial charge in [0.05, 0.1) is 6.04 Å². The molecule has 0 aliphatic heterocycles. The summed E-state index contributed by atoms with van der Waals surface area (Å²) in [6.07, 6.45) is 0.688. The molecule has 0 spiro atoms. The van der Waals surface area contributed by atoms with Crippen molar-refractivity contribution in [2.75, 3.05) is 0 Å². The van der Waals surface area contributed by atoms with Crippen LogP contribution in [0.1, 0.15) is 36.4 Å². The second kappa shape index (κ2) is 10.5. The molecule has 7 heteroatoms. The number of benzene rings is 3. The number of hydrogen-bond acceptors (Lipinski definition) is 5. The van der Waals surface area contributed by atoms with Crippen molar-refractivity contribution < 1.29 is 19.1 Å². The fraction of sp³-hybridized carbons (Fsp3) is 0.231. The number of carbonyl (C=O) groups is 1. The topological polar surface area (TPSA) is 84.6 Å². The second-order valence-electron chi connectivity index (χ2n) is 7.86. The smallest absolute Gasteiger partial charge is 0.344 e. The average molecular weight is 465 g/mol. The van der Waals surface area contributed by atoms with Crippen molar-refractivity contribution in [3.05, 3.63) is 94.8 Å². The van der Waals surface area contributed by atoms with Gasteiger partial charge in [-0.1, -0.05) is 48.0 Å². The highest BCUT2D eigenvalue weighted by Gasteiger charge is 2.19. The van der Waals surface area contributed by atoms with Gasteiger partial charge in [0.15, 0.2) is 11.7 Å². The van der Waals surface area contributed by atoms with Crippen molar-refractivity contribution in [3.8, 4) is 5.75 Å². The van der Waals surface area contributed by atoms with E-state index in [1.165, 1.54) is 12.5 Å². The Kier molecular flexibility index (Phi) is 7.27. The van der Waals surface area contributed by atoms with E-state index < -0.39 is 12.1 Å². The molecule has 2 atom stereocenters. The standard InChI is InChI=1S/C26H25ClN2O4/c1-17(26(30)31)32-21-6-4-5-19(15-21)16-28-23(14-11-18-9-12-20(27)13-10-18)25-29-22-7-2-3-8-24(22)33-25/h2-10,12-13,15,17,23,28H,11,14,16H2,1H3,(H,30,31). The number of halogens is 1. The lowest BCUT2D eigenvalue weighted by atomic mass is 10.0. The molecule has 0 saturated carbocycles. The highest BCUT2D eigenvalue weighted by molar-refractivity contribution is 6.30. The number of aliphatic carboxylic acids is 1. The molecule has 2 unspecified atom stereocenters. The fourth-order valence-electron chi connectivity index (χ4n) is 3.54. The molecule has 1 aromatic heterocycles. The molecule has 4 rings (SSSR count). The third-order valence-corrected chi connectivity index (χ3v) is 5.61. The molecule has 170 valence electrons. The maximum absolute atomic E-state index is 11.1. The fourth-order valence-corrected chi connectivity index (χ4v) is 3.66. The number of fused-ring (bicyclic) bond motifs is 1. The van der Waals surface area contributed by atoms with Gasteiger partial charge >= 0.3 is 5.97 Å². The van der Waals surface area contributed by atoms with Gasteiger partial charge in [-0.15, -0.1) is 0 Å². The highest BCUT2D eigenvalue weighted by atomic mass is 35.5. The summed E-state index contributed by atoms with van der Waals surface area (Å²) in [6.45, 7) is 2.05. The number of aryl methyl sites for hydroxylation is 1. The highest BCUT2D eigenvalue weighted by Crippen LogP contribution is 2.25. The van der Waals surface area contributed by atoms with E-state index in [1.807, 2.05) is 66.7 Å². The molecule has 6 nitrogen and oxygen atoms in total. The normalized spacial score (nSPS) is 13.0. The molecule has 0 bridgehead atoms. The van der Waals surface area contributed by atoms with E-state index in [0.29, 0.717) is 23.2 Å². The molecule has 0 amide bonds. The van der Waals surface area contributed by atoms with Crippen LogP contribution in [0.15, 0.2) is 77.2 Å². The molecule has 0 aliphatic carbocycles. The van der Waals surface area contributed by atoms with E-state index in [0.717, 1.165) is 29.5 Å². The van der Waals surface area contributed by atoms with Crippen LogP contribution in [0.5, 0.6) is 5.75 Å². The molecule has 3 aromatic carbocycles. The SMILES string of the molecule is CC(Oc1cccc(CNC(CCc2ccc(Cl)cc2)c2nc3ccccc3o2)c1)C(=O)O. The number of nitrogens with zero attached hydrogens (tertiary/aromatic N) is 1. The number of ether oxygens (including phenoxy) is 1. The van der Waals surface area contributed by atoms with Crippen LogP contribution >= 0.6 is 11.6 Å². The van der Waals surface area contributed by atoms with Crippen molar-refractivity contribution in [2.24, 2.45) is 0 Å². The summed E-state index contributed by atoms with van der Waals surface area (Å²) in [5, 5.41) is 13.3. The van der Waals surface area contributed by atoms with Crippen LogP contribution in [0.3, 0.4) is 0 Å². The predicted molar refractivity (Wildman–Crippen MR) is 128 cm³/mol. The Labute approximate surface area is 197 Å². The molecule has 4 aromatic rings. The van der Waals surface area contributed by atoms with Gasteiger partial charge in [-0.2, -0.15) is 0 Å². The van der Waals surface area contributed by atoms with Crippen LogP contribution < -0.4 is 10.1 Å². The number of aromatic nitrogens is 1. The first-order chi connectivity index (χ1) is 16.0. The molecule has 33 heavy (non-hydrogen) atoms. The Morgan fingerprint density at radius 3 is 2.64 bits per heavy atom. The van der Waals surface area contributed by atoms with Crippen molar-refractivity contribution >= 4 is 28.7 Å². The quantitative estimate of drug-likeness (QED) is 0.308. The summed E-state index contributed by atoms with van der Waals surface area (Å²) in [7, 11) is 0. The van der Waals surface area contributed by atoms with E-state index in [2.05, 4.69) is 10.3 Å². The predicted octanol–water partition coefficient (Wildman–Crippen LogP) is 5.80. The minimum Gasteiger partial charge on any atom is -0.479 e. The van der Waals surface area contributed by atoms with Crippen LogP contribution in [0.25, 0.3) is 11.1 Å². The third-order valence-electron chi connectivity index (χ3n) is 5.36. The average Bonchev–Trinajstić information content (AvgIpc) is 3.24. The van der Waals surface area contributed by atoms with E-state index in [1.54, 1.807) is 6.07 Å². The van der Waals surface area contributed by atoms with Gasteiger partial charge < -0.3 is 19.6 Å². The Morgan fingerprint density at radius 2 is 1.88 bits per heavy atom. The monoisotopic (exact) mass is 464 g/mol. The van der Waals surface area contributed by atoms with Gasteiger partial charge in [-0.3, -0.25) is 0 Å². The van der Waals surface area contributed by atoms with Crippen LogP contribution in [0, 0.1) is 0 Å². The molecule has 2 N–H and O–H groups in total. The van der Waals surface area contributed by atoms with Gasteiger partial charge in [0.2, 0.25) is 5.89 Å². The zero-order valence-electron chi connectivity index (χ0n) is 18.2. The van der Waals surface area contributed by atoms with Crippen LogP contribution in [0.4, 0.5) is 0 Å².